The van der Waals surface area contributed by atoms with Crippen LogP contribution in [0.25, 0.3) is 0 Å². The second-order valence-electron chi connectivity index (χ2n) is 4.56. The molecule has 112 valence electrons. The number of benzene rings is 1. The molecule has 3 N–H and O–H groups in total. The van der Waals surface area contributed by atoms with E-state index in [4.69, 9.17) is 4.74 Å². The first-order valence-electron chi connectivity index (χ1n) is 6.25. The number of halogens is 1. The minimum Gasteiger partial charge on any atom is -0.384 e. The predicted molar refractivity (Wildman–Crippen MR) is 72.9 cm³/mol. The number of hydrazine groups is 1. The van der Waals surface area contributed by atoms with Crippen molar-refractivity contribution in [3.8, 4) is 0 Å². The Balaban J connectivity index is 2.10. The lowest BCUT2D eigenvalue weighted by atomic mass is 10.0. The lowest BCUT2D eigenvalue weighted by molar-refractivity contribution is 0.216. The third-order valence-corrected chi connectivity index (χ3v) is 4.48. The summed E-state index contributed by atoms with van der Waals surface area (Å²) in [7, 11) is -2.02. The molecule has 1 heterocycles. The normalized spacial score (nSPS) is 23.1. The van der Waals surface area contributed by atoms with Crippen LogP contribution in [0, 0.1) is 5.82 Å². The van der Waals surface area contributed by atoms with Gasteiger partial charge in [0, 0.05) is 19.2 Å². The first-order valence-corrected chi connectivity index (χ1v) is 7.90. The van der Waals surface area contributed by atoms with E-state index in [1.165, 1.54) is 13.2 Å². The van der Waals surface area contributed by atoms with Gasteiger partial charge in [0.1, 0.15) is 5.82 Å². The first kappa shape index (κ1) is 15.3. The zero-order valence-electron chi connectivity index (χ0n) is 11.1. The highest BCUT2D eigenvalue weighted by Gasteiger charge is 2.32. The van der Waals surface area contributed by atoms with Crippen LogP contribution in [0.3, 0.4) is 0 Å². The molecule has 0 bridgehead atoms. The Kier molecular flexibility index (Phi) is 5.06. The molecule has 20 heavy (non-hydrogen) atoms. The molecule has 1 saturated heterocycles. The van der Waals surface area contributed by atoms with Crippen molar-refractivity contribution in [1.29, 1.82) is 0 Å². The average Bonchev–Trinajstić information content (AvgIpc) is 2.84. The highest BCUT2D eigenvalue weighted by atomic mass is 32.2. The van der Waals surface area contributed by atoms with Crippen molar-refractivity contribution in [2.45, 2.75) is 12.1 Å². The minimum atomic E-state index is -3.46. The molecule has 1 fully saturated rings. The molecule has 1 aliphatic rings. The Hall–Kier alpha value is -1.06. The van der Waals surface area contributed by atoms with Crippen LogP contribution in [-0.4, -0.2) is 40.5 Å². The monoisotopic (exact) mass is 303 g/mol. The molecule has 0 aliphatic carbocycles. The highest BCUT2D eigenvalue weighted by molar-refractivity contribution is 7.89. The molecular formula is C12H18FN3O3S. The maximum Gasteiger partial charge on any atom is 0.214 e. The van der Waals surface area contributed by atoms with Gasteiger partial charge in [0.05, 0.1) is 24.4 Å². The summed E-state index contributed by atoms with van der Waals surface area (Å²) in [5.74, 6) is -0.487. The number of nitrogens with one attached hydrogen (secondary N) is 3. The number of sulfonamides is 1. The van der Waals surface area contributed by atoms with E-state index < -0.39 is 22.1 Å². The number of ether oxygens (including phenoxy) is 1. The molecule has 0 radical (unpaired) electrons. The molecule has 2 unspecified atom stereocenters. The van der Waals surface area contributed by atoms with Crippen molar-refractivity contribution in [2.75, 3.05) is 26.0 Å². The maximum absolute atomic E-state index is 13.8. The van der Waals surface area contributed by atoms with Crippen LogP contribution in [0.15, 0.2) is 24.3 Å². The molecule has 1 aliphatic heterocycles. The molecule has 8 heteroatoms. The molecule has 6 nitrogen and oxygen atoms in total. The minimum absolute atomic E-state index is 0.118. The zero-order valence-corrected chi connectivity index (χ0v) is 11.9. The SMILES string of the molecule is COCCS(=O)(=O)NC1CNNC1c1ccccc1F. The number of rotatable bonds is 6. The molecule has 1 aromatic rings. The summed E-state index contributed by atoms with van der Waals surface area (Å²) in [6.45, 7) is 0.499. The molecule has 2 rings (SSSR count). The van der Waals surface area contributed by atoms with Gasteiger partial charge in [0.2, 0.25) is 10.0 Å². The van der Waals surface area contributed by atoms with E-state index in [0.29, 0.717) is 12.1 Å². The Morgan fingerprint density at radius 3 is 2.90 bits per heavy atom. The van der Waals surface area contributed by atoms with Crippen LogP contribution in [0.5, 0.6) is 0 Å². The van der Waals surface area contributed by atoms with Gasteiger partial charge in [-0.15, -0.1) is 0 Å². The summed E-state index contributed by atoms with van der Waals surface area (Å²) in [5.41, 5.74) is 6.17. The molecule has 0 saturated carbocycles. The fourth-order valence-corrected chi connectivity index (χ4v) is 3.30. The highest BCUT2D eigenvalue weighted by Crippen LogP contribution is 2.22. The molecule has 0 amide bonds. The Labute approximate surface area is 117 Å². The second-order valence-corrected chi connectivity index (χ2v) is 6.43. The lowest BCUT2D eigenvalue weighted by Gasteiger charge is -2.20. The Morgan fingerprint density at radius 1 is 1.45 bits per heavy atom. The van der Waals surface area contributed by atoms with Gasteiger partial charge in [-0.25, -0.2) is 23.0 Å². The Bertz CT molecular complexity index is 553. The van der Waals surface area contributed by atoms with Gasteiger partial charge in [0.15, 0.2) is 0 Å². The van der Waals surface area contributed by atoms with E-state index in [2.05, 4.69) is 15.6 Å². The van der Waals surface area contributed by atoms with Gasteiger partial charge < -0.3 is 4.74 Å². The van der Waals surface area contributed by atoms with Crippen LogP contribution in [0.4, 0.5) is 4.39 Å². The quantitative estimate of drug-likeness (QED) is 0.684. The molecule has 2 atom stereocenters. The standard InChI is InChI=1S/C12H18FN3O3S/c1-19-6-7-20(17,18)16-11-8-14-15-12(11)9-4-2-3-5-10(9)13/h2-5,11-12,14-16H,6-8H2,1H3. The van der Waals surface area contributed by atoms with E-state index in [1.807, 2.05) is 0 Å². The maximum atomic E-state index is 13.8. The third-order valence-electron chi connectivity index (χ3n) is 3.11. The van der Waals surface area contributed by atoms with Crippen molar-refractivity contribution in [2.24, 2.45) is 0 Å². The largest absolute Gasteiger partial charge is 0.384 e. The van der Waals surface area contributed by atoms with Crippen molar-refractivity contribution in [1.82, 2.24) is 15.6 Å². The zero-order chi connectivity index (χ0) is 14.6. The van der Waals surface area contributed by atoms with E-state index in [9.17, 15) is 12.8 Å². The summed E-state index contributed by atoms with van der Waals surface area (Å²) < 4.78 is 44.8. The summed E-state index contributed by atoms with van der Waals surface area (Å²) in [4.78, 5) is 0. The van der Waals surface area contributed by atoms with Crippen LogP contribution >= 0.6 is 0 Å². The van der Waals surface area contributed by atoms with E-state index in [0.717, 1.165) is 0 Å². The smallest absolute Gasteiger partial charge is 0.214 e. The van der Waals surface area contributed by atoms with E-state index in [-0.39, 0.29) is 18.2 Å². The van der Waals surface area contributed by atoms with Gasteiger partial charge in [-0.05, 0) is 6.07 Å². The predicted octanol–water partition coefficient (Wildman–Crippen LogP) is -0.0910. The van der Waals surface area contributed by atoms with Gasteiger partial charge in [0.25, 0.3) is 0 Å². The van der Waals surface area contributed by atoms with Crippen LogP contribution in [-0.2, 0) is 14.8 Å². The van der Waals surface area contributed by atoms with Crippen LogP contribution < -0.4 is 15.6 Å². The van der Waals surface area contributed by atoms with Crippen LogP contribution in [0.2, 0.25) is 0 Å². The van der Waals surface area contributed by atoms with E-state index in [1.54, 1.807) is 18.2 Å². The van der Waals surface area contributed by atoms with Gasteiger partial charge in [-0.3, -0.25) is 5.43 Å². The number of hydrogen-bond acceptors (Lipinski definition) is 5. The number of hydrogen-bond donors (Lipinski definition) is 3. The van der Waals surface area contributed by atoms with Crippen molar-refractivity contribution < 1.29 is 17.5 Å². The lowest BCUT2D eigenvalue weighted by Crippen LogP contribution is -2.42. The topological polar surface area (TPSA) is 79.5 Å². The van der Waals surface area contributed by atoms with Crippen molar-refractivity contribution in [3.05, 3.63) is 35.6 Å². The first-order chi connectivity index (χ1) is 9.53. The average molecular weight is 303 g/mol. The van der Waals surface area contributed by atoms with Gasteiger partial charge >= 0.3 is 0 Å². The summed E-state index contributed by atoms with van der Waals surface area (Å²) in [6, 6.07) is 5.40. The van der Waals surface area contributed by atoms with E-state index >= 15 is 0 Å². The summed E-state index contributed by atoms with van der Waals surface area (Å²) >= 11 is 0. The summed E-state index contributed by atoms with van der Waals surface area (Å²) in [6.07, 6.45) is 0. The Morgan fingerprint density at radius 2 is 2.20 bits per heavy atom. The fraction of sp³-hybridized carbons (Fsp3) is 0.500. The fourth-order valence-electron chi connectivity index (χ4n) is 2.11. The van der Waals surface area contributed by atoms with Crippen molar-refractivity contribution >= 4 is 10.0 Å². The second kappa shape index (κ2) is 6.59. The number of methoxy groups -OCH3 is 1. The third kappa shape index (κ3) is 3.74. The molecule has 0 spiro atoms. The summed E-state index contributed by atoms with van der Waals surface area (Å²) in [5, 5.41) is 0. The van der Waals surface area contributed by atoms with Gasteiger partial charge in [-0.2, -0.15) is 0 Å². The van der Waals surface area contributed by atoms with Crippen LogP contribution in [0.1, 0.15) is 11.6 Å². The van der Waals surface area contributed by atoms with Crippen molar-refractivity contribution in [3.63, 3.8) is 0 Å². The van der Waals surface area contributed by atoms with Gasteiger partial charge in [-0.1, -0.05) is 18.2 Å². The molecule has 0 aromatic heterocycles. The molecule has 1 aromatic carbocycles. The molecular weight excluding hydrogens is 285 g/mol.